The lowest BCUT2D eigenvalue weighted by Crippen LogP contribution is -2.48. The van der Waals surface area contributed by atoms with Gasteiger partial charge in [0.1, 0.15) is 5.75 Å². The number of methoxy groups -OCH3 is 1. The van der Waals surface area contributed by atoms with Crippen LogP contribution in [0.2, 0.25) is 0 Å². The van der Waals surface area contributed by atoms with Crippen LogP contribution >= 0.6 is 0 Å². The number of hydrogen-bond donors (Lipinski definition) is 2. The van der Waals surface area contributed by atoms with Crippen molar-refractivity contribution in [2.75, 3.05) is 32.2 Å². The Kier molecular flexibility index (Phi) is 7.13. The molecule has 0 saturated carbocycles. The molecule has 32 heavy (non-hydrogen) atoms. The van der Waals surface area contributed by atoms with E-state index in [0.29, 0.717) is 5.92 Å². The predicted molar refractivity (Wildman–Crippen MR) is 132 cm³/mol. The first-order chi connectivity index (χ1) is 15.6. The molecular formula is C28H34N2O2. The van der Waals surface area contributed by atoms with Gasteiger partial charge in [0.15, 0.2) is 0 Å². The second-order valence-electron chi connectivity index (χ2n) is 8.78. The third kappa shape index (κ3) is 4.52. The Bertz CT molecular complexity index is 953. The molecule has 1 aliphatic rings. The zero-order valence-corrected chi connectivity index (χ0v) is 19.2. The van der Waals surface area contributed by atoms with Gasteiger partial charge in [0, 0.05) is 38.2 Å². The van der Waals surface area contributed by atoms with Crippen molar-refractivity contribution >= 4 is 5.69 Å². The van der Waals surface area contributed by atoms with E-state index in [4.69, 9.17) is 4.74 Å². The Balaban J connectivity index is 1.79. The van der Waals surface area contributed by atoms with E-state index in [9.17, 15) is 5.11 Å². The topological polar surface area (TPSA) is 44.7 Å². The Labute approximate surface area is 191 Å². The van der Waals surface area contributed by atoms with Crippen LogP contribution in [0.4, 0.5) is 5.69 Å². The minimum Gasteiger partial charge on any atom is -0.495 e. The van der Waals surface area contributed by atoms with E-state index >= 15 is 0 Å². The van der Waals surface area contributed by atoms with Crippen molar-refractivity contribution in [1.29, 1.82) is 0 Å². The fourth-order valence-corrected chi connectivity index (χ4v) is 5.30. The largest absolute Gasteiger partial charge is 0.495 e. The van der Waals surface area contributed by atoms with Gasteiger partial charge in [-0.1, -0.05) is 66.7 Å². The highest BCUT2D eigenvalue weighted by Gasteiger charge is 2.43. The molecule has 4 nitrogen and oxygen atoms in total. The number of ether oxygens (including phenoxy) is 1. The zero-order chi connectivity index (χ0) is 22.5. The van der Waals surface area contributed by atoms with Crippen LogP contribution in [0.25, 0.3) is 0 Å². The molecular weight excluding hydrogens is 396 g/mol. The summed E-state index contributed by atoms with van der Waals surface area (Å²) in [6, 6.07) is 28.2. The quantitative estimate of drug-likeness (QED) is 0.548. The maximum atomic E-state index is 9.83. The molecule has 3 unspecified atom stereocenters. The zero-order valence-electron chi connectivity index (χ0n) is 19.2. The highest BCUT2D eigenvalue weighted by Crippen LogP contribution is 2.40. The van der Waals surface area contributed by atoms with Crippen LogP contribution in [0.5, 0.6) is 5.75 Å². The molecule has 0 bridgehead atoms. The summed E-state index contributed by atoms with van der Waals surface area (Å²) < 4.78 is 5.73. The Morgan fingerprint density at radius 3 is 2.19 bits per heavy atom. The molecule has 0 spiro atoms. The summed E-state index contributed by atoms with van der Waals surface area (Å²) in [5, 5.41) is 13.7. The fourth-order valence-electron chi connectivity index (χ4n) is 5.30. The van der Waals surface area contributed by atoms with Gasteiger partial charge in [-0.2, -0.15) is 0 Å². The second-order valence-corrected chi connectivity index (χ2v) is 8.78. The summed E-state index contributed by atoms with van der Waals surface area (Å²) in [5.74, 6) is 1.40. The number of aryl methyl sites for hydroxylation is 1. The number of rotatable bonds is 8. The van der Waals surface area contributed by atoms with Crippen molar-refractivity contribution in [3.8, 4) is 5.75 Å². The van der Waals surface area contributed by atoms with E-state index in [-0.39, 0.29) is 24.6 Å². The average Bonchev–Trinajstić information content (AvgIpc) is 3.23. The van der Waals surface area contributed by atoms with E-state index in [2.05, 4.69) is 97.0 Å². The minimum atomic E-state index is 0.187. The van der Waals surface area contributed by atoms with Crippen LogP contribution in [0, 0.1) is 12.8 Å². The van der Waals surface area contributed by atoms with Crippen LogP contribution in [0.3, 0.4) is 0 Å². The standard InChI is InChI=1S/C28H34N2O2/c1-20-14-15-25(32-3)24(18-20)30(2)28-23(16-17-31)19-29-27(28)26(21-10-6-4-7-11-21)22-12-8-5-9-13-22/h4-15,18,23,26-29,31H,16-17,19H2,1-3H3. The lowest BCUT2D eigenvalue weighted by molar-refractivity contribution is 0.251. The number of aliphatic hydroxyl groups excluding tert-OH is 1. The third-order valence-corrected chi connectivity index (χ3v) is 6.80. The first-order valence-corrected chi connectivity index (χ1v) is 11.5. The molecule has 0 aliphatic carbocycles. The van der Waals surface area contributed by atoms with Gasteiger partial charge in [-0.05, 0) is 48.1 Å². The highest BCUT2D eigenvalue weighted by atomic mass is 16.5. The van der Waals surface area contributed by atoms with Crippen LogP contribution in [-0.2, 0) is 0 Å². The van der Waals surface area contributed by atoms with Crippen LogP contribution < -0.4 is 15.0 Å². The molecule has 1 aliphatic heterocycles. The van der Waals surface area contributed by atoms with Crippen molar-refractivity contribution in [3.05, 3.63) is 95.6 Å². The second kappa shape index (κ2) is 10.2. The summed E-state index contributed by atoms with van der Waals surface area (Å²) >= 11 is 0. The Hall–Kier alpha value is -2.82. The normalized spacial score (nSPS) is 20.5. The van der Waals surface area contributed by atoms with Gasteiger partial charge in [0.25, 0.3) is 0 Å². The number of likely N-dealkylation sites (N-methyl/N-ethyl adjacent to an activating group) is 1. The number of aliphatic hydroxyl groups is 1. The van der Waals surface area contributed by atoms with E-state index in [1.165, 1.54) is 16.7 Å². The average molecular weight is 431 g/mol. The van der Waals surface area contributed by atoms with Crippen LogP contribution in [-0.4, -0.2) is 44.5 Å². The van der Waals surface area contributed by atoms with E-state index < -0.39 is 0 Å². The van der Waals surface area contributed by atoms with E-state index in [1.807, 2.05) is 6.07 Å². The molecule has 2 N–H and O–H groups in total. The summed E-state index contributed by atoms with van der Waals surface area (Å²) in [6.07, 6.45) is 0.767. The van der Waals surface area contributed by atoms with Crippen molar-refractivity contribution in [1.82, 2.24) is 5.32 Å². The maximum Gasteiger partial charge on any atom is 0.142 e. The minimum absolute atomic E-state index is 0.187. The summed E-state index contributed by atoms with van der Waals surface area (Å²) in [6.45, 7) is 3.18. The van der Waals surface area contributed by atoms with Crippen LogP contribution in [0.15, 0.2) is 78.9 Å². The SMILES string of the molecule is COc1ccc(C)cc1N(C)C1C(CCO)CNC1C(c1ccccc1)c1ccccc1. The molecule has 3 aromatic rings. The van der Waals surface area contributed by atoms with Gasteiger partial charge < -0.3 is 20.1 Å². The first-order valence-electron chi connectivity index (χ1n) is 11.5. The molecule has 0 aromatic heterocycles. The molecule has 0 radical (unpaired) electrons. The van der Waals surface area contributed by atoms with E-state index in [1.54, 1.807) is 7.11 Å². The molecule has 4 heteroatoms. The highest BCUT2D eigenvalue weighted by molar-refractivity contribution is 5.61. The fraction of sp³-hybridized carbons (Fsp3) is 0.357. The van der Waals surface area contributed by atoms with Gasteiger partial charge in [-0.3, -0.25) is 0 Å². The number of benzene rings is 3. The van der Waals surface area contributed by atoms with Gasteiger partial charge in [-0.15, -0.1) is 0 Å². The molecule has 1 heterocycles. The van der Waals surface area contributed by atoms with Crippen molar-refractivity contribution in [2.45, 2.75) is 31.3 Å². The van der Waals surface area contributed by atoms with Gasteiger partial charge in [0.05, 0.1) is 12.8 Å². The molecule has 1 saturated heterocycles. The smallest absolute Gasteiger partial charge is 0.142 e. The van der Waals surface area contributed by atoms with Crippen molar-refractivity contribution in [3.63, 3.8) is 0 Å². The first kappa shape index (κ1) is 22.4. The monoisotopic (exact) mass is 430 g/mol. The van der Waals surface area contributed by atoms with E-state index in [0.717, 1.165) is 24.4 Å². The maximum absolute atomic E-state index is 9.83. The van der Waals surface area contributed by atoms with Crippen molar-refractivity contribution < 1.29 is 9.84 Å². The summed E-state index contributed by atoms with van der Waals surface area (Å²) in [5.41, 5.74) is 4.90. The van der Waals surface area contributed by atoms with Gasteiger partial charge in [-0.25, -0.2) is 0 Å². The van der Waals surface area contributed by atoms with Gasteiger partial charge in [0.2, 0.25) is 0 Å². The number of nitrogens with zero attached hydrogens (tertiary/aromatic N) is 1. The number of anilines is 1. The Morgan fingerprint density at radius 2 is 1.62 bits per heavy atom. The lowest BCUT2D eigenvalue weighted by Gasteiger charge is -2.39. The lowest BCUT2D eigenvalue weighted by atomic mass is 9.79. The molecule has 1 fully saturated rings. The third-order valence-electron chi connectivity index (χ3n) is 6.80. The van der Waals surface area contributed by atoms with Gasteiger partial charge >= 0.3 is 0 Å². The number of hydrogen-bond acceptors (Lipinski definition) is 4. The number of nitrogens with one attached hydrogen (secondary N) is 1. The molecule has 0 amide bonds. The Morgan fingerprint density at radius 1 is 1.00 bits per heavy atom. The molecule has 3 atom stereocenters. The molecule has 168 valence electrons. The van der Waals surface area contributed by atoms with Crippen LogP contribution in [0.1, 0.15) is 29.0 Å². The molecule has 3 aromatic carbocycles. The molecule has 4 rings (SSSR count). The summed E-state index contributed by atoms with van der Waals surface area (Å²) in [7, 11) is 3.90. The summed E-state index contributed by atoms with van der Waals surface area (Å²) in [4.78, 5) is 2.37. The predicted octanol–water partition coefficient (Wildman–Crippen LogP) is 4.61. The van der Waals surface area contributed by atoms with Crippen molar-refractivity contribution in [2.24, 2.45) is 5.92 Å².